The fourth-order valence-electron chi connectivity index (χ4n) is 4.52. The van der Waals surface area contributed by atoms with Crippen LogP contribution in [-0.4, -0.2) is 17.5 Å². The molecule has 2 rings (SSSR count). The average molecular weight is 336 g/mol. The van der Waals surface area contributed by atoms with Gasteiger partial charge < -0.3 is 4.23 Å². The molecule has 0 bridgehead atoms. The van der Waals surface area contributed by atoms with E-state index in [1.807, 2.05) is 6.92 Å². The number of hydrogen-bond acceptors (Lipinski definition) is 1. The molecule has 1 radical (unpaired) electrons. The Labute approximate surface area is 141 Å². The molecule has 0 aliphatic carbocycles. The molecule has 0 aromatic carbocycles. The maximum atomic E-state index is 6.32. The van der Waals surface area contributed by atoms with Gasteiger partial charge in [-0.1, -0.05) is 60.1 Å². The van der Waals surface area contributed by atoms with E-state index in [-0.39, 0.29) is 0 Å². The molecule has 0 aliphatic heterocycles. The summed E-state index contributed by atoms with van der Waals surface area (Å²) < 4.78 is 2.53. The van der Waals surface area contributed by atoms with E-state index < -0.39 is 8.24 Å². The monoisotopic (exact) mass is 335 g/mol. The Kier molecular flexibility index (Phi) is 5.08. The molecule has 0 atom stereocenters. The van der Waals surface area contributed by atoms with Crippen LogP contribution in [0.5, 0.6) is 0 Å². The Balaban J connectivity index is 2.82. The van der Waals surface area contributed by atoms with Crippen molar-refractivity contribution in [2.75, 3.05) is 0 Å². The highest BCUT2D eigenvalue weighted by Gasteiger charge is 2.46. The Morgan fingerprint density at radius 1 is 1.09 bits per heavy atom. The average Bonchev–Trinajstić information content (AvgIpc) is 2.82. The summed E-state index contributed by atoms with van der Waals surface area (Å²) in [6.07, 6.45) is 6.14. The van der Waals surface area contributed by atoms with Gasteiger partial charge in [-0.05, 0) is 40.9 Å². The molecule has 0 aliphatic rings. The van der Waals surface area contributed by atoms with Crippen molar-refractivity contribution in [3.8, 4) is 0 Å². The molecule has 0 saturated heterocycles. The van der Waals surface area contributed by atoms with Crippen molar-refractivity contribution < 1.29 is 0 Å². The second-order valence-electron chi connectivity index (χ2n) is 7.08. The molecule has 4 heteroatoms. The van der Waals surface area contributed by atoms with Crippen molar-refractivity contribution in [1.29, 1.82) is 0 Å². The van der Waals surface area contributed by atoms with Crippen LogP contribution in [0.3, 0.4) is 0 Å². The molecule has 0 amide bonds. The SMILES string of the molecule is C[CH]c1c(Cl)cnc2c1ccn2[Si](C(C)C)(C(C)C)C(C)C. The molecule has 2 aromatic rings. The highest BCUT2D eigenvalue weighted by molar-refractivity contribution is 6.82. The third-order valence-electron chi connectivity index (χ3n) is 5.19. The van der Waals surface area contributed by atoms with Crippen molar-refractivity contribution in [2.45, 2.75) is 65.1 Å². The molecule has 22 heavy (non-hydrogen) atoms. The van der Waals surface area contributed by atoms with E-state index in [9.17, 15) is 0 Å². The van der Waals surface area contributed by atoms with Crippen LogP contribution < -0.4 is 0 Å². The topological polar surface area (TPSA) is 17.8 Å². The second-order valence-corrected chi connectivity index (χ2v) is 13.2. The number of aromatic nitrogens is 2. The van der Waals surface area contributed by atoms with Crippen molar-refractivity contribution in [1.82, 2.24) is 9.22 Å². The van der Waals surface area contributed by atoms with E-state index in [1.165, 1.54) is 5.39 Å². The number of rotatable bonds is 5. The molecule has 0 fully saturated rings. The third-order valence-corrected chi connectivity index (χ3v) is 12.2. The Bertz CT molecular complexity index is 637. The summed E-state index contributed by atoms with van der Waals surface area (Å²) in [4.78, 5) is 4.71. The molecule has 0 N–H and O–H groups in total. The van der Waals surface area contributed by atoms with Crippen LogP contribution in [0.4, 0.5) is 0 Å². The summed E-state index contributed by atoms with van der Waals surface area (Å²) in [6, 6.07) is 2.19. The summed E-state index contributed by atoms with van der Waals surface area (Å²) in [6.45, 7) is 16.3. The highest BCUT2D eigenvalue weighted by Crippen LogP contribution is 2.44. The zero-order chi connectivity index (χ0) is 16.7. The van der Waals surface area contributed by atoms with Crippen LogP contribution in [0.1, 0.15) is 54.0 Å². The molecular formula is C18H28ClN2Si. The molecule has 0 saturated carbocycles. The predicted octanol–water partition coefficient (Wildman–Crippen LogP) is 6.29. The van der Waals surface area contributed by atoms with E-state index in [4.69, 9.17) is 16.6 Å². The Morgan fingerprint density at radius 3 is 2.09 bits per heavy atom. The first-order valence-electron chi connectivity index (χ1n) is 8.23. The number of pyridine rings is 1. The first-order chi connectivity index (χ1) is 10.3. The second kappa shape index (κ2) is 6.36. The smallest absolute Gasteiger partial charge is 0.171 e. The summed E-state index contributed by atoms with van der Waals surface area (Å²) in [5.41, 5.74) is 4.14. The lowest BCUT2D eigenvalue weighted by Gasteiger charge is -2.44. The van der Waals surface area contributed by atoms with E-state index in [2.05, 4.69) is 64.5 Å². The molecule has 0 spiro atoms. The van der Waals surface area contributed by atoms with Crippen LogP contribution >= 0.6 is 11.6 Å². The summed E-state index contributed by atoms with van der Waals surface area (Å²) in [7, 11) is -1.77. The normalized spacial score (nSPS) is 13.0. The van der Waals surface area contributed by atoms with Gasteiger partial charge in [0.25, 0.3) is 0 Å². The van der Waals surface area contributed by atoms with Crippen molar-refractivity contribution in [3.63, 3.8) is 0 Å². The van der Waals surface area contributed by atoms with Crippen LogP contribution in [0, 0.1) is 6.42 Å². The van der Waals surface area contributed by atoms with Gasteiger partial charge in [-0.15, -0.1) is 0 Å². The lowest BCUT2D eigenvalue weighted by Crippen LogP contribution is -2.51. The summed E-state index contributed by atoms with van der Waals surface area (Å²) >= 11 is 6.32. The lowest BCUT2D eigenvalue weighted by atomic mass is 10.1. The third kappa shape index (κ3) is 2.43. The lowest BCUT2D eigenvalue weighted by molar-refractivity contribution is 0.770. The molecule has 2 nitrogen and oxygen atoms in total. The molecular weight excluding hydrogens is 308 g/mol. The minimum atomic E-state index is -1.77. The van der Waals surface area contributed by atoms with E-state index in [1.54, 1.807) is 6.20 Å². The Hall–Kier alpha value is -0.803. The van der Waals surface area contributed by atoms with Crippen LogP contribution in [-0.2, 0) is 0 Å². The zero-order valence-electron chi connectivity index (χ0n) is 14.8. The van der Waals surface area contributed by atoms with E-state index in [0.29, 0.717) is 16.6 Å². The van der Waals surface area contributed by atoms with E-state index in [0.717, 1.165) is 16.2 Å². The number of hydrogen-bond donors (Lipinski definition) is 0. The molecule has 121 valence electrons. The van der Waals surface area contributed by atoms with Gasteiger partial charge in [0.1, 0.15) is 5.65 Å². The zero-order valence-corrected chi connectivity index (χ0v) is 16.6. The van der Waals surface area contributed by atoms with Gasteiger partial charge in [0.05, 0.1) is 5.02 Å². The summed E-state index contributed by atoms with van der Waals surface area (Å²) in [5.74, 6) is 0. The minimum absolute atomic E-state index is 0.648. The number of fused-ring (bicyclic) bond motifs is 1. The highest BCUT2D eigenvalue weighted by atomic mass is 35.5. The van der Waals surface area contributed by atoms with Gasteiger partial charge in [-0.25, -0.2) is 4.98 Å². The maximum absolute atomic E-state index is 6.32. The standard InChI is InChI=1S/C18H28ClN2Si/c1-8-15-16-9-10-21(18(16)20-11-17(15)19)22(12(2)3,13(4)5)14(6)7/h8-14H,1-7H3. The summed E-state index contributed by atoms with van der Waals surface area (Å²) in [5, 5.41) is 1.91. The van der Waals surface area contributed by atoms with Gasteiger partial charge in [-0.2, -0.15) is 0 Å². The number of nitrogens with zero attached hydrogens (tertiary/aromatic N) is 2. The van der Waals surface area contributed by atoms with Gasteiger partial charge >= 0.3 is 0 Å². The first kappa shape index (κ1) is 17.5. The van der Waals surface area contributed by atoms with Crippen LogP contribution in [0.2, 0.25) is 21.6 Å². The Morgan fingerprint density at radius 2 is 1.64 bits per heavy atom. The van der Waals surface area contributed by atoms with Gasteiger partial charge in [0, 0.05) is 11.6 Å². The minimum Gasteiger partial charge on any atom is -0.359 e. The fraction of sp³-hybridized carbons (Fsp3) is 0.556. The van der Waals surface area contributed by atoms with Crippen molar-refractivity contribution in [2.24, 2.45) is 0 Å². The van der Waals surface area contributed by atoms with E-state index >= 15 is 0 Å². The van der Waals surface area contributed by atoms with Crippen LogP contribution in [0.25, 0.3) is 11.0 Å². The quantitative estimate of drug-likeness (QED) is 0.587. The van der Waals surface area contributed by atoms with Gasteiger partial charge in [0.15, 0.2) is 8.24 Å². The molecule has 2 aromatic heterocycles. The molecule has 2 heterocycles. The molecule has 0 unspecified atom stereocenters. The van der Waals surface area contributed by atoms with Crippen molar-refractivity contribution in [3.05, 3.63) is 35.5 Å². The van der Waals surface area contributed by atoms with Crippen LogP contribution in [0.15, 0.2) is 18.5 Å². The van der Waals surface area contributed by atoms with Gasteiger partial charge in [0.2, 0.25) is 0 Å². The number of halogens is 1. The predicted molar refractivity (Wildman–Crippen MR) is 100 cm³/mol. The largest absolute Gasteiger partial charge is 0.359 e. The first-order valence-corrected chi connectivity index (χ1v) is 10.8. The van der Waals surface area contributed by atoms with Crippen molar-refractivity contribution >= 4 is 30.9 Å². The maximum Gasteiger partial charge on any atom is 0.171 e. The fourth-order valence-corrected chi connectivity index (χ4v) is 11.3. The van der Waals surface area contributed by atoms with Gasteiger partial charge in [-0.3, -0.25) is 0 Å².